The molecule has 1 aromatic heterocycles. The minimum absolute atomic E-state index is 0.108. The van der Waals surface area contributed by atoms with Crippen LogP contribution >= 0.6 is 11.6 Å². The highest BCUT2D eigenvalue weighted by Crippen LogP contribution is 2.24. The van der Waals surface area contributed by atoms with Crippen LogP contribution in [-0.4, -0.2) is 13.4 Å². The minimum Gasteiger partial charge on any atom is -0.243 e. The van der Waals surface area contributed by atoms with E-state index < -0.39 is 9.84 Å². The minimum atomic E-state index is -3.61. The molecule has 0 unspecified atom stereocenters. The van der Waals surface area contributed by atoms with Gasteiger partial charge in [0.15, 0.2) is 5.03 Å². The molecule has 0 N–H and O–H groups in total. The highest BCUT2D eigenvalue weighted by atomic mass is 35.5. The molecule has 0 aliphatic carbocycles. The molecule has 3 nitrogen and oxygen atoms in total. The number of sulfone groups is 1. The van der Waals surface area contributed by atoms with Gasteiger partial charge in [0, 0.05) is 6.20 Å². The van der Waals surface area contributed by atoms with Crippen LogP contribution in [0.3, 0.4) is 0 Å². The number of aromatic nitrogens is 1. The summed E-state index contributed by atoms with van der Waals surface area (Å²) in [5, 5.41) is 0.0224. The van der Waals surface area contributed by atoms with Gasteiger partial charge in [-0.2, -0.15) is 0 Å². The van der Waals surface area contributed by atoms with Crippen LogP contribution in [0.4, 0.5) is 0 Å². The first-order chi connectivity index (χ1) is 7.62. The highest BCUT2D eigenvalue weighted by Gasteiger charge is 2.21. The number of rotatable bonds is 2. The highest BCUT2D eigenvalue weighted by molar-refractivity contribution is 7.91. The maximum absolute atomic E-state index is 12.1. The molecule has 1 aromatic carbocycles. The van der Waals surface area contributed by atoms with E-state index in [-0.39, 0.29) is 14.9 Å². The fourth-order valence-electron chi connectivity index (χ4n) is 1.28. The van der Waals surface area contributed by atoms with Crippen molar-refractivity contribution in [3.63, 3.8) is 0 Å². The average molecular weight is 254 g/mol. The number of benzene rings is 1. The molecular weight excluding hydrogens is 246 g/mol. The Morgan fingerprint density at radius 1 is 1.00 bits per heavy atom. The smallest absolute Gasteiger partial charge is 0.225 e. The van der Waals surface area contributed by atoms with E-state index in [4.69, 9.17) is 11.6 Å². The molecule has 2 rings (SSSR count). The Labute approximate surface area is 98.6 Å². The Kier molecular flexibility index (Phi) is 2.94. The van der Waals surface area contributed by atoms with Gasteiger partial charge in [0.05, 0.1) is 9.92 Å². The maximum atomic E-state index is 12.1. The first-order valence-electron chi connectivity index (χ1n) is 4.53. The lowest BCUT2D eigenvalue weighted by Crippen LogP contribution is -2.04. The van der Waals surface area contributed by atoms with Gasteiger partial charge in [-0.3, -0.25) is 0 Å². The van der Waals surface area contributed by atoms with Crippen LogP contribution in [0.15, 0.2) is 58.6 Å². The molecule has 0 radical (unpaired) electrons. The predicted octanol–water partition coefficient (Wildman–Crippen LogP) is 2.57. The van der Waals surface area contributed by atoms with Gasteiger partial charge in [0.25, 0.3) is 0 Å². The fourth-order valence-corrected chi connectivity index (χ4v) is 2.97. The summed E-state index contributed by atoms with van der Waals surface area (Å²) in [5.74, 6) is 0. The lowest BCUT2D eigenvalue weighted by atomic mass is 10.4. The lowest BCUT2D eigenvalue weighted by Gasteiger charge is -2.04. The van der Waals surface area contributed by atoms with Crippen molar-refractivity contribution < 1.29 is 8.42 Å². The molecule has 0 spiro atoms. The van der Waals surface area contributed by atoms with Gasteiger partial charge in [0.2, 0.25) is 9.84 Å². The number of nitrogens with zero attached hydrogens (tertiary/aromatic N) is 1. The second-order valence-electron chi connectivity index (χ2n) is 3.11. The summed E-state index contributed by atoms with van der Waals surface area (Å²) in [4.78, 5) is 4.00. The van der Waals surface area contributed by atoms with E-state index in [0.29, 0.717) is 0 Å². The molecule has 0 saturated heterocycles. The van der Waals surface area contributed by atoms with Gasteiger partial charge >= 0.3 is 0 Å². The molecule has 0 saturated carbocycles. The molecule has 2 aromatic rings. The Morgan fingerprint density at radius 2 is 1.69 bits per heavy atom. The zero-order chi connectivity index (χ0) is 11.6. The van der Waals surface area contributed by atoms with Crippen LogP contribution in [0.1, 0.15) is 0 Å². The summed E-state index contributed by atoms with van der Waals surface area (Å²) in [5.41, 5.74) is 0. The van der Waals surface area contributed by atoms with E-state index >= 15 is 0 Å². The largest absolute Gasteiger partial charge is 0.243 e. The van der Waals surface area contributed by atoms with Crippen LogP contribution < -0.4 is 0 Å². The molecule has 0 bridgehead atoms. The Bertz CT molecular complexity index is 596. The Balaban J connectivity index is 2.62. The van der Waals surface area contributed by atoms with Crippen molar-refractivity contribution in [1.82, 2.24) is 4.98 Å². The van der Waals surface area contributed by atoms with E-state index in [1.165, 1.54) is 24.4 Å². The lowest BCUT2D eigenvalue weighted by molar-refractivity contribution is 0.592. The van der Waals surface area contributed by atoms with Crippen molar-refractivity contribution in [2.24, 2.45) is 0 Å². The Morgan fingerprint density at radius 3 is 2.31 bits per heavy atom. The quantitative estimate of drug-likeness (QED) is 0.826. The van der Waals surface area contributed by atoms with Gasteiger partial charge in [-0.05, 0) is 24.3 Å². The van der Waals surface area contributed by atoms with Crippen LogP contribution in [0.25, 0.3) is 0 Å². The predicted molar refractivity (Wildman–Crippen MR) is 61.1 cm³/mol. The third-order valence-electron chi connectivity index (χ3n) is 2.03. The third-order valence-corrected chi connectivity index (χ3v) is 4.18. The SMILES string of the molecule is O=S(=O)(c1ccccc1)c1ncccc1Cl. The van der Waals surface area contributed by atoms with E-state index in [0.717, 1.165) is 0 Å². The van der Waals surface area contributed by atoms with Crippen molar-refractivity contribution in [2.45, 2.75) is 9.92 Å². The zero-order valence-corrected chi connectivity index (χ0v) is 9.74. The Hall–Kier alpha value is -1.39. The summed E-state index contributed by atoms with van der Waals surface area (Å²) in [7, 11) is -3.61. The number of hydrogen-bond donors (Lipinski definition) is 0. The molecule has 0 fully saturated rings. The standard InChI is InChI=1S/C11H8ClNO2S/c12-10-7-4-8-13-11(10)16(14,15)9-5-2-1-3-6-9/h1-8H. The van der Waals surface area contributed by atoms with Crippen molar-refractivity contribution in [3.8, 4) is 0 Å². The first kappa shape index (κ1) is 11.1. The first-order valence-corrected chi connectivity index (χ1v) is 6.39. The molecule has 0 atom stereocenters. The van der Waals surface area contributed by atoms with Gasteiger partial charge in [-0.15, -0.1) is 0 Å². The molecule has 82 valence electrons. The van der Waals surface area contributed by atoms with E-state index in [1.54, 1.807) is 24.3 Å². The molecule has 0 amide bonds. The molecule has 0 aliphatic heterocycles. The summed E-state index contributed by atoms with van der Waals surface area (Å²) >= 11 is 5.82. The molecular formula is C11H8ClNO2S. The maximum Gasteiger partial charge on any atom is 0.225 e. The second-order valence-corrected chi connectivity index (χ2v) is 5.38. The van der Waals surface area contributed by atoms with Gasteiger partial charge < -0.3 is 0 Å². The van der Waals surface area contributed by atoms with Crippen molar-refractivity contribution >= 4 is 21.4 Å². The van der Waals surface area contributed by atoms with E-state index in [9.17, 15) is 8.42 Å². The van der Waals surface area contributed by atoms with Crippen molar-refractivity contribution in [1.29, 1.82) is 0 Å². The monoisotopic (exact) mass is 253 g/mol. The molecule has 5 heteroatoms. The number of halogens is 1. The summed E-state index contributed by atoms with van der Waals surface area (Å²) < 4.78 is 24.2. The summed E-state index contributed by atoms with van der Waals surface area (Å²) in [6.07, 6.45) is 1.40. The topological polar surface area (TPSA) is 47.0 Å². The number of hydrogen-bond acceptors (Lipinski definition) is 3. The van der Waals surface area contributed by atoms with E-state index in [1.807, 2.05) is 0 Å². The van der Waals surface area contributed by atoms with Crippen LogP contribution in [0.2, 0.25) is 5.02 Å². The number of pyridine rings is 1. The molecule has 16 heavy (non-hydrogen) atoms. The third kappa shape index (κ3) is 1.94. The summed E-state index contributed by atoms with van der Waals surface area (Å²) in [6, 6.07) is 11.2. The van der Waals surface area contributed by atoms with Crippen molar-refractivity contribution in [3.05, 3.63) is 53.7 Å². The van der Waals surface area contributed by atoms with Gasteiger partial charge in [-0.1, -0.05) is 29.8 Å². The molecule has 0 aliphatic rings. The zero-order valence-electron chi connectivity index (χ0n) is 8.17. The van der Waals surface area contributed by atoms with Crippen LogP contribution in [0, 0.1) is 0 Å². The van der Waals surface area contributed by atoms with Crippen molar-refractivity contribution in [2.75, 3.05) is 0 Å². The van der Waals surface area contributed by atoms with Gasteiger partial charge in [-0.25, -0.2) is 13.4 Å². The van der Waals surface area contributed by atoms with E-state index in [2.05, 4.69) is 4.98 Å². The average Bonchev–Trinajstić information content (AvgIpc) is 2.30. The summed E-state index contributed by atoms with van der Waals surface area (Å²) in [6.45, 7) is 0. The second kappa shape index (κ2) is 4.23. The van der Waals surface area contributed by atoms with Gasteiger partial charge in [0.1, 0.15) is 0 Å². The molecule has 1 heterocycles. The van der Waals surface area contributed by atoms with Crippen LogP contribution in [0.5, 0.6) is 0 Å². The fraction of sp³-hybridized carbons (Fsp3) is 0. The van der Waals surface area contributed by atoms with Crippen LogP contribution in [-0.2, 0) is 9.84 Å². The normalized spacial score (nSPS) is 11.3.